The van der Waals surface area contributed by atoms with Crippen molar-refractivity contribution in [2.45, 2.75) is 17.9 Å². The zero-order valence-electron chi connectivity index (χ0n) is 16.3. The molecule has 1 unspecified atom stereocenters. The van der Waals surface area contributed by atoms with Crippen molar-refractivity contribution in [2.24, 2.45) is 0 Å². The third-order valence-electron chi connectivity index (χ3n) is 4.37. The fourth-order valence-corrected chi connectivity index (χ4v) is 3.32. The van der Waals surface area contributed by atoms with Gasteiger partial charge in [-0.05, 0) is 43.5 Å². The van der Waals surface area contributed by atoms with E-state index in [9.17, 15) is 9.59 Å². The molecule has 2 rings (SSSR count). The number of ether oxygens (including phenoxy) is 1. The fraction of sp³-hybridized carbons (Fsp3) is 0.300. The highest BCUT2D eigenvalue weighted by molar-refractivity contribution is 7.98. The summed E-state index contributed by atoms with van der Waals surface area (Å²) in [4.78, 5) is 26.8. The van der Waals surface area contributed by atoms with E-state index in [2.05, 4.69) is 10.6 Å². The summed E-state index contributed by atoms with van der Waals surface area (Å²) in [6.07, 6.45) is 1.96. The number of methoxy groups -OCH3 is 1. The SMILES string of the molecule is COc1ccc(Cl)cc1NC(=O)[C@H](C)[NH+](C)CC(=O)Nc1ccccc1SC. The molecule has 2 amide bonds. The quantitative estimate of drug-likeness (QED) is 0.572. The summed E-state index contributed by atoms with van der Waals surface area (Å²) in [5, 5.41) is 6.23. The number of quaternary nitrogens is 1. The molecule has 0 spiro atoms. The van der Waals surface area contributed by atoms with Gasteiger partial charge in [0.15, 0.2) is 12.6 Å². The highest BCUT2D eigenvalue weighted by atomic mass is 35.5. The summed E-state index contributed by atoms with van der Waals surface area (Å²) in [6.45, 7) is 1.93. The Morgan fingerprint density at radius 2 is 1.89 bits per heavy atom. The minimum Gasteiger partial charge on any atom is -0.495 e. The Labute approximate surface area is 174 Å². The van der Waals surface area contributed by atoms with E-state index in [4.69, 9.17) is 16.3 Å². The van der Waals surface area contributed by atoms with E-state index in [0.29, 0.717) is 16.5 Å². The first-order valence-corrected chi connectivity index (χ1v) is 10.4. The summed E-state index contributed by atoms with van der Waals surface area (Å²) >= 11 is 7.57. The van der Waals surface area contributed by atoms with E-state index in [1.807, 2.05) is 30.5 Å². The molecule has 2 aromatic carbocycles. The van der Waals surface area contributed by atoms with Gasteiger partial charge in [-0.2, -0.15) is 0 Å². The van der Waals surface area contributed by atoms with Gasteiger partial charge in [-0.15, -0.1) is 11.8 Å². The topological polar surface area (TPSA) is 71.9 Å². The molecule has 0 saturated heterocycles. The molecular weight excluding hydrogens is 398 g/mol. The zero-order chi connectivity index (χ0) is 20.7. The maximum Gasteiger partial charge on any atom is 0.282 e. The van der Waals surface area contributed by atoms with Crippen molar-refractivity contribution in [2.75, 3.05) is 37.6 Å². The largest absolute Gasteiger partial charge is 0.495 e. The van der Waals surface area contributed by atoms with Crippen molar-refractivity contribution in [3.8, 4) is 5.75 Å². The number of para-hydroxylation sites is 1. The number of hydrogen-bond donors (Lipinski definition) is 3. The second-order valence-electron chi connectivity index (χ2n) is 6.33. The van der Waals surface area contributed by atoms with Gasteiger partial charge in [0.05, 0.1) is 25.5 Å². The van der Waals surface area contributed by atoms with Gasteiger partial charge in [-0.3, -0.25) is 9.59 Å². The minimum absolute atomic E-state index is 0.154. The lowest BCUT2D eigenvalue weighted by Crippen LogP contribution is -3.14. The maximum absolute atomic E-state index is 12.6. The third kappa shape index (κ3) is 5.89. The molecule has 0 aliphatic heterocycles. The van der Waals surface area contributed by atoms with Crippen LogP contribution in [0.5, 0.6) is 5.75 Å². The first kappa shape index (κ1) is 22.1. The minimum atomic E-state index is -0.453. The lowest BCUT2D eigenvalue weighted by Gasteiger charge is -2.21. The highest BCUT2D eigenvalue weighted by Crippen LogP contribution is 2.27. The number of rotatable bonds is 8. The van der Waals surface area contributed by atoms with E-state index in [1.54, 1.807) is 43.9 Å². The van der Waals surface area contributed by atoms with Crippen LogP contribution in [0.3, 0.4) is 0 Å². The van der Waals surface area contributed by atoms with Gasteiger partial charge in [0.2, 0.25) is 0 Å². The smallest absolute Gasteiger partial charge is 0.282 e. The van der Waals surface area contributed by atoms with Crippen molar-refractivity contribution in [3.63, 3.8) is 0 Å². The number of hydrogen-bond acceptors (Lipinski definition) is 4. The number of amides is 2. The Balaban J connectivity index is 1.98. The molecule has 0 fully saturated rings. The van der Waals surface area contributed by atoms with Crippen LogP contribution in [0, 0.1) is 0 Å². The summed E-state index contributed by atoms with van der Waals surface area (Å²) < 4.78 is 5.25. The van der Waals surface area contributed by atoms with Crippen LogP contribution in [0.15, 0.2) is 47.4 Å². The van der Waals surface area contributed by atoms with Crippen LogP contribution in [-0.2, 0) is 9.59 Å². The van der Waals surface area contributed by atoms with Crippen LogP contribution in [0.1, 0.15) is 6.92 Å². The van der Waals surface area contributed by atoms with Crippen molar-refractivity contribution in [1.82, 2.24) is 0 Å². The highest BCUT2D eigenvalue weighted by Gasteiger charge is 2.25. The van der Waals surface area contributed by atoms with Crippen LogP contribution in [0.25, 0.3) is 0 Å². The first-order chi connectivity index (χ1) is 13.3. The maximum atomic E-state index is 12.6. The predicted molar refractivity (Wildman–Crippen MR) is 115 cm³/mol. The fourth-order valence-electron chi connectivity index (χ4n) is 2.59. The van der Waals surface area contributed by atoms with Crippen LogP contribution < -0.4 is 20.3 Å². The van der Waals surface area contributed by atoms with Gasteiger partial charge in [0.1, 0.15) is 5.75 Å². The van der Waals surface area contributed by atoms with E-state index in [0.717, 1.165) is 15.5 Å². The molecule has 8 heteroatoms. The average Bonchev–Trinajstić information content (AvgIpc) is 2.67. The summed E-state index contributed by atoms with van der Waals surface area (Å²) in [6, 6.07) is 12.2. The van der Waals surface area contributed by atoms with E-state index >= 15 is 0 Å². The summed E-state index contributed by atoms with van der Waals surface area (Å²) in [7, 11) is 3.33. The van der Waals surface area contributed by atoms with Gasteiger partial charge in [-0.1, -0.05) is 23.7 Å². The molecule has 0 aromatic heterocycles. The molecule has 0 bridgehead atoms. The molecule has 0 aliphatic carbocycles. The standard InChI is InChI=1S/C20H24ClN3O3S/c1-13(20(26)23-16-11-14(21)9-10-17(16)27-3)24(2)12-19(25)22-15-7-5-6-8-18(15)28-4/h5-11,13H,12H2,1-4H3,(H,22,25)(H,23,26)/p+1/t13-/m0/s1. The second kappa shape index (κ2) is 10.4. The van der Waals surface area contributed by atoms with Crippen LogP contribution in [0.4, 0.5) is 11.4 Å². The average molecular weight is 423 g/mol. The van der Waals surface area contributed by atoms with Crippen molar-refractivity contribution in [1.29, 1.82) is 0 Å². The van der Waals surface area contributed by atoms with E-state index < -0.39 is 6.04 Å². The monoisotopic (exact) mass is 422 g/mol. The molecule has 6 nitrogen and oxygen atoms in total. The molecule has 3 N–H and O–H groups in total. The Morgan fingerprint density at radius 3 is 2.57 bits per heavy atom. The Morgan fingerprint density at radius 1 is 1.18 bits per heavy atom. The lowest BCUT2D eigenvalue weighted by atomic mass is 10.2. The normalized spacial score (nSPS) is 12.8. The van der Waals surface area contributed by atoms with Gasteiger partial charge in [0, 0.05) is 9.92 Å². The second-order valence-corrected chi connectivity index (χ2v) is 7.61. The number of anilines is 2. The van der Waals surface area contributed by atoms with E-state index in [1.165, 1.54) is 7.11 Å². The van der Waals surface area contributed by atoms with Crippen LogP contribution in [0.2, 0.25) is 5.02 Å². The molecule has 0 heterocycles. The van der Waals surface area contributed by atoms with Crippen LogP contribution >= 0.6 is 23.4 Å². The number of thioether (sulfide) groups is 1. The zero-order valence-corrected chi connectivity index (χ0v) is 17.9. The van der Waals surface area contributed by atoms with E-state index in [-0.39, 0.29) is 18.4 Å². The number of carbonyl (C=O) groups is 2. The predicted octanol–water partition coefficient (Wildman–Crippen LogP) is 2.55. The molecule has 2 aromatic rings. The van der Waals surface area contributed by atoms with Crippen molar-refractivity contribution < 1.29 is 19.2 Å². The van der Waals surface area contributed by atoms with Crippen molar-refractivity contribution in [3.05, 3.63) is 47.5 Å². The van der Waals surface area contributed by atoms with Crippen molar-refractivity contribution >= 4 is 46.6 Å². The Kier molecular flexibility index (Phi) is 8.17. The number of nitrogens with one attached hydrogen (secondary N) is 3. The van der Waals surface area contributed by atoms with Gasteiger partial charge in [0.25, 0.3) is 11.8 Å². The molecule has 0 radical (unpaired) electrons. The molecule has 0 saturated carbocycles. The lowest BCUT2D eigenvalue weighted by molar-refractivity contribution is -0.885. The first-order valence-electron chi connectivity index (χ1n) is 8.75. The number of halogens is 1. The number of benzene rings is 2. The van der Waals surface area contributed by atoms with Gasteiger partial charge >= 0.3 is 0 Å². The third-order valence-corrected chi connectivity index (χ3v) is 5.40. The molecule has 2 atom stereocenters. The molecular formula is C20H25ClN3O3S+. The Bertz CT molecular complexity index is 847. The molecule has 150 valence electrons. The summed E-state index contributed by atoms with van der Waals surface area (Å²) in [5.74, 6) is 0.142. The summed E-state index contributed by atoms with van der Waals surface area (Å²) in [5.41, 5.74) is 1.27. The number of carbonyl (C=O) groups excluding carboxylic acids is 2. The van der Waals surface area contributed by atoms with Crippen LogP contribution in [-0.4, -0.2) is 44.8 Å². The Hall–Kier alpha value is -2.22. The number of likely N-dealkylation sites (N-methyl/N-ethyl adjacent to an activating group) is 1. The van der Waals surface area contributed by atoms with Gasteiger partial charge < -0.3 is 20.3 Å². The van der Waals surface area contributed by atoms with Gasteiger partial charge in [-0.25, -0.2) is 0 Å². The molecule has 28 heavy (non-hydrogen) atoms. The molecule has 0 aliphatic rings.